The van der Waals surface area contributed by atoms with Crippen LogP contribution in [0.25, 0.3) is 0 Å². The van der Waals surface area contributed by atoms with Crippen LogP contribution in [0.15, 0.2) is 30.1 Å². The lowest BCUT2D eigenvalue weighted by Crippen LogP contribution is -2.27. The van der Waals surface area contributed by atoms with Crippen molar-refractivity contribution in [2.75, 3.05) is 0 Å². The maximum absolute atomic E-state index is 11.8. The Morgan fingerprint density at radius 3 is 2.63 bits per heavy atom. The second kappa shape index (κ2) is 7.72. The van der Waals surface area contributed by atoms with Gasteiger partial charge >= 0.3 is 0 Å². The van der Waals surface area contributed by atoms with Crippen molar-refractivity contribution >= 4 is 5.91 Å². The van der Waals surface area contributed by atoms with E-state index in [9.17, 15) is 4.79 Å². The van der Waals surface area contributed by atoms with E-state index < -0.39 is 0 Å². The SMILES string of the molecule is C/C=C(/CCCC)N(Cc1ccc(C)nc1)C(C)=O. The first kappa shape index (κ1) is 15.4. The largest absolute Gasteiger partial charge is 0.312 e. The van der Waals surface area contributed by atoms with Crippen molar-refractivity contribution < 1.29 is 4.79 Å². The molecule has 0 atom stereocenters. The van der Waals surface area contributed by atoms with Crippen molar-refractivity contribution in [3.05, 3.63) is 41.4 Å². The lowest BCUT2D eigenvalue weighted by Gasteiger charge is -2.24. The highest BCUT2D eigenvalue weighted by Gasteiger charge is 2.13. The van der Waals surface area contributed by atoms with Crippen LogP contribution in [0.2, 0.25) is 0 Å². The smallest absolute Gasteiger partial charge is 0.223 e. The van der Waals surface area contributed by atoms with Crippen LogP contribution >= 0.6 is 0 Å². The zero-order valence-electron chi connectivity index (χ0n) is 12.4. The van der Waals surface area contributed by atoms with Gasteiger partial charge in [-0.15, -0.1) is 0 Å². The molecule has 0 saturated heterocycles. The number of allylic oxidation sites excluding steroid dienone is 2. The molecule has 1 aromatic heterocycles. The molecule has 1 rings (SSSR count). The van der Waals surface area contributed by atoms with Crippen LogP contribution in [0, 0.1) is 6.92 Å². The van der Waals surface area contributed by atoms with Crippen molar-refractivity contribution in [3.8, 4) is 0 Å². The fourth-order valence-corrected chi connectivity index (χ4v) is 1.98. The van der Waals surface area contributed by atoms with Crippen LogP contribution in [0.4, 0.5) is 0 Å². The van der Waals surface area contributed by atoms with Gasteiger partial charge in [0.25, 0.3) is 0 Å². The van der Waals surface area contributed by atoms with Gasteiger partial charge in [-0.05, 0) is 38.3 Å². The van der Waals surface area contributed by atoms with Gasteiger partial charge in [-0.1, -0.05) is 25.5 Å². The van der Waals surface area contributed by atoms with Crippen molar-refractivity contribution in [2.45, 2.75) is 53.5 Å². The van der Waals surface area contributed by atoms with Crippen LogP contribution in [0.1, 0.15) is 51.3 Å². The summed E-state index contributed by atoms with van der Waals surface area (Å²) >= 11 is 0. The molecule has 0 saturated carbocycles. The van der Waals surface area contributed by atoms with Gasteiger partial charge in [0.1, 0.15) is 0 Å². The number of carbonyl (C=O) groups excluding carboxylic acids is 1. The highest BCUT2D eigenvalue weighted by molar-refractivity contribution is 5.75. The normalized spacial score (nSPS) is 11.5. The minimum absolute atomic E-state index is 0.0878. The first-order valence-corrected chi connectivity index (χ1v) is 6.93. The van der Waals surface area contributed by atoms with Gasteiger partial charge in [0.2, 0.25) is 5.91 Å². The number of hydrogen-bond donors (Lipinski definition) is 0. The lowest BCUT2D eigenvalue weighted by molar-refractivity contribution is -0.127. The van der Waals surface area contributed by atoms with Gasteiger partial charge in [-0.3, -0.25) is 9.78 Å². The second-order valence-corrected chi connectivity index (χ2v) is 4.80. The summed E-state index contributed by atoms with van der Waals surface area (Å²) < 4.78 is 0. The third-order valence-electron chi connectivity index (χ3n) is 3.16. The third-order valence-corrected chi connectivity index (χ3v) is 3.16. The number of hydrogen-bond acceptors (Lipinski definition) is 2. The zero-order chi connectivity index (χ0) is 14.3. The van der Waals surface area contributed by atoms with Crippen molar-refractivity contribution in [3.63, 3.8) is 0 Å². The number of unbranched alkanes of at least 4 members (excludes halogenated alkanes) is 1. The number of aromatic nitrogens is 1. The van der Waals surface area contributed by atoms with Gasteiger partial charge in [-0.25, -0.2) is 0 Å². The molecule has 0 aromatic carbocycles. The van der Waals surface area contributed by atoms with Crippen LogP contribution in [0.3, 0.4) is 0 Å². The molecule has 0 aliphatic rings. The average molecular weight is 260 g/mol. The summed E-state index contributed by atoms with van der Waals surface area (Å²) in [6.45, 7) is 8.35. The Balaban J connectivity index is 2.82. The Kier molecular flexibility index (Phi) is 6.26. The van der Waals surface area contributed by atoms with E-state index in [0.717, 1.165) is 36.2 Å². The van der Waals surface area contributed by atoms with E-state index in [-0.39, 0.29) is 5.91 Å². The maximum Gasteiger partial charge on any atom is 0.223 e. The topological polar surface area (TPSA) is 33.2 Å². The monoisotopic (exact) mass is 260 g/mol. The molecular weight excluding hydrogens is 236 g/mol. The predicted octanol–water partition coefficient (Wildman–Crippen LogP) is 3.83. The fourth-order valence-electron chi connectivity index (χ4n) is 1.98. The maximum atomic E-state index is 11.8. The summed E-state index contributed by atoms with van der Waals surface area (Å²) in [5.74, 6) is 0.0878. The van der Waals surface area contributed by atoms with Gasteiger partial charge in [0.15, 0.2) is 0 Å². The number of carbonyl (C=O) groups is 1. The molecule has 0 unspecified atom stereocenters. The molecule has 0 N–H and O–H groups in total. The number of nitrogens with zero attached hydrogens (tertiary/aromatic N) is 2. The first-order chi connectivity index (χ1) is 9.08. The van der Waals surface area contributed by atoms with E-state index in [0.29, 0.717) is 6.54 Å². The molecule has 0 fully saturated rings. The van der Waals surface area contributed by atoms with Crippen molar-refractivity contribution in [2.24, 2.45) is 0 Å². The standard InChI is InChI=1S/C16H24N2O/c1-5-7-8-16(6-2)18(14(4)19)12-15-10-9-13(3)17-11-15/h6,9-11H,5,7-8,12H2,1-4H3/b16-6-. The summed E-state index contributed by atoms with van der Waals surface area (Å²) in [6.07, 6.45) is 7.08. The Bertz CT molecular complexity index is 435. The first-order valence-electron chi connectivity index (χ1n) is 6.93. The molecule has 0 aliphatic heterocycles. The summed E-state index contributed by atoms with van der Waals surface area (Å²) in [5.41, 5.74) is 3.17. The molecule has 0 bridgehead atoms. The van der Waals surface area contributed by atoms with Gasteiger partial charge in [0, 0.05) is 24.5 Å². The Hall–Kier alpha value is -1.64. The minimum Gasteiger partial charge on any atom is -0.312 e. The van der Waals surface area contributed by atoms with E-state index >= 15 is 0 Å². The number of amides is 1. The number of rotatable bonds is 6. The molecule has 104 valence electrons. The second-order valence-electron chi connectivity index (χ2n) is 4.80. The molecule has 1 heterocycles. The molecule has 3 heteroatoms. The average Bonchev–Trinajstić information content (AvgIpc) is 2.40. The van der Waals surface area contributed by atoms with Crippen LogP contribution in [-0.2, 0) is 11.3 Å². The van der Waals surface area contributed by atoms with Crippen molar-refractivity contribution in [1.29, 1.82) is 0 Å². The lowest BCUT2D eigenvalue weighted by atomic mass is 10.1. The van der Waals surface area contributed by atoms with Crippen LogP contribution in [-0.4, -0.2) is 15.8 Å². The van der Waals surface area contributed by atoms with Gasteiger partial charge < -0.3 is 4.90 Å². The summed E-state index contributed by atoms with van der Waals surface area (Å²) in [4.78, 5) is 18.0. The molecule has 1 amide bonds. The Labute approximate surface area is 116 Å². The Morgan fingerprint density at radius 1 is 1.42 bits per heavy atom. The molecule has 0 spiro atoms. The quantitative estimate of drug-likeness (QED) is 0.778. The highest BCUT2D eigenvalue weighted by atomic mass is 16.2. The molecule has 1 aromatic rings. The van der Waals surface area contributed by atoms with Crippen molar-refractivity contribution in [1.82, 2.24) is 9.88 Å². The minimum atomic E-state index is 0.0878. The van der Waals surface area contributed by atoms with E-state index in [1.807, 2.05) is 43.2 Å². The van der Waals surface area contributed by atoms with Gasteiger partial charge in [0.05, 0.1) is 6.54 Å². The zero-order valence-corrected chi connectivity index (χ0v) is 12.4. The molecule has 19 heavy (non-hydrogen) atoms. The molecular formula is C16H24N2O. The molecule has 0 radical (unpaired) electrons. The molecule has 0 aliphatic carbocycles. The van der Waals surface area contributed by atoms with Gasteiger partial charge in [-0.2, -0.15) is 0 Å². The van der Waals surface area contributed by atoms with Crippen LogP contribution in [0.5, 0.6) is 0 Å². The van der Waals surface area contributed by atoms with Crippen LogP contribution < -0.4 is 0 Å². The summed E-state index contributed by atoms with van der Waals surface area (Å²) in [7, 11) is 0. The Morgan fingerprint density at radius 2 is 2.16 bits per heavy atom. The van der Waals surface area contributed by atoms with E-state index in [4.69, 9.17) is 0 Å². The fraction of sp³-hybridized carbons (Fsp3) is 0.500. The van der Waals surface area contributed by atoms with E-state index in [2.05, 4.69) is 11.9 Å². The number of pyridine rings is 1. The third kappa shape index (κ3) is 4.86. The summed E-state index contributed by atoms with van der Waals surface area (Å²) in [5, 5.41) is 0. The van der Waals surface area contributed by atoms with E-state index in [1.165, 1.54) is 0 Å². The molecule has 3 nitrogen and oxygen atoms in total. The highest BCUT2D eigenvalue weighted by Crippen LogP contribution is 2.17. The summed E-state index contributed by atoms with van der Waals surface area (Å²) in [6, 6.07) is 4.01. The number of aryl methyl sites for hydroxylation is 1. The van der Waals surface area contributed by atoms with E-state index in [1.54, 1.807) is 6.92 Å². The predicted molar refractivity (Wildman–Crippen MR) is 78.5 cm³/mol.